The lowest BCUT2D eigenvalue weighted by Crippen LogP contribution is -2.00. The number of nitrogens with zero attached hydrogens (tertiary/aromatic N) is 5. The molecule has 3 aromatic heterocycles. The number of hydrogen-bond acceptors (Lipinski definition) is 5. The van der Waals surface area contributed by atoms with Crippen molar-refractivity contribution in [1.82, 2.24) is 19.5 Å². The first-order valence-electron chi connectivity index (χ1n) is 21.2. The van der Waals surface area contributed by atoms with E-state index in [1.54, 1.807) is 0 Å². The Kier molecular flexibility index (Phi) is 8.77. The maximum atomic E-state index is 9.64. The summed E-state index contributed by atoms with van der Waals surface area (Å²) < 4.78 is 8.92. The standard InChI is InChI=1S/C58H35N5O/c59-36-37-12-9-15-41(32-37)42-16-10-17-43(33-42)56-60-57(44-29-31-52-50(34-44)48-20-7-8-22-51(48)63(52)46-18-5-2-6-19-46)62-58(61-56)45-28-30-49-54(35-45)64-53-23-11-21-47(55(49)53)40-26-24-39(25-27-40)38-13-3-1-4-14-38/h1-35H. The number of benzene rings is 9. The van der Waals surface area contributed by atoms with Crippen LogP contribution >= 0.6 is 0 Å². The molecule has 0 spiro atoms. The zero-order valence-electron chi connectivity index (χ0n) is 34.4. The number of hydrogen-bond donors (Lipinski definition) is 0. The highest BCUT2D eigenvalue weighted by molar-refractivity contribution is 6.13. The molecule has 64 heavy (non-hydrogen) atoms. The van der Waals surface area contributed by atoms with E-state index in [-0.39, 0.29) is 0 Å². The third kappa shape index (κ3) is 6.39. The van der Waals surface area contributed by atoms with E-state index in [1.807, 2.05) is 66.7 Å². The van der Waals surface area contributed by atoms with Gasteiger partial charge < -0.3 is 8.98 Å². The van der Waals surface area contributed by atoms with Gasteiger partial charge in [0.15, 0.2) is 17.5 Å². The normalized spacial score (nSPS) is 11.4. The van der Waals surface area contributed by atoms with Crippen LogP contribution in [0.2, 0.25) is 0 Å². The Hall–Kier alpha value is -8.92. The van der Waals surface area contributed by atoms with Gasteiger partial charge in [0.05, 0.1) is 22.7 Å². The minimum Gasteiger partial charge on any atom is -0.456 e. The number of furan rings is 1. The van der Waals surface area contributed by atoms with Crippen LogP contribution in [0.4, 0.5) is 0 Å². The van der Waals surface area contributed by atoms with E-state index in [0.29, 0.717) is 23.0 Å². The van der Waals surface area contributed by atoms with Gasteiger partial charge in [-0.25, -0.2) is 15.0 Å². The summed E-state index contributed by atoms with van der Waals surface area (Å²) in [6, 6.07) is 75.1. The highest BCUT2D eigenvalue weighted by Crippen LogP contribution is 2.40. The molecular formula is C58H35N5O. The van der Waals surface area contributed by atoms with Gasteiger partial charge in [0, 0.05) is 43.9 Å². The summed E-state index contributed by atoms with van der Waals surface area (Å²) in [7, 11) is 0. The van der Waals surface area contributed by atoms with Crippen LogP contribution in [0.15, 0.2) is 217 Å². The molecule has 0 aliphatic rings. The SMILES string of the molecule is N#Cc1cccc(-c2cccc(-c3nc(-c4ccc5c(c4)oc4cccc(-c6ccc(-c7ccccc7)cc6)c45)nc(-c4ccc5c(c4)c4ccccc4n5-c4ccccc4)n3)c2)c1. The Balaban J connectivity index is 1.01. The summed E-state index contributed by atoms with van der Waals surface area (Å²) in [5.41, 5.74) is 14.5. The highest BCUT2D eigenvalue weighted by atomic mass is 16.3. The number of rotatable bonds is 7. The molecule has 0 radical (unpaired) electrons. The molecule has 0 bridgehead atoms. The van der Waals surface area contributed by atoms with Crippen LogP contribution in [0.5, 0.6) is 0 Å². The number of aromatic nitrogens is 4. The van der Waals surface area contributed by atoms with Gasteiger partial charge in [-0.3, -0.25) is 0 Å². The van der Waals surface area contributed by atoms with Crippen LogP contribution < -0.4 is 0 Å². The molecule has 0 saturated heterocycles. The van der Waals surface area contributed by atoms with Crippen molar-refractivity contribution in [2.45, 2.75) is 0 Å². The average molecular weight is 818 g/mol. The van der Waals surface area contributed by atoms with Gasteiger partial charge in [-0.1, -0.05) is 140 Å². The van der Waals surface area contributed by atoms with Gasteiger partial charge in [0.1, 0.15) is 11.2 Å². The lowest BCUT2D eigenvalue weighted by atomic mass is 9.96. The van der Waals surface area contributed by atoms with Gasteiger partial charge in [-0.2, -0.15) is 5.26 Å². The van der Waals surface area contributed by atoms with Gasteiger partial charge in [0.2, 0.25) is 0 Å². The lowest BCUT2D eigenvalue weighted by Gasteiger charge is -2.11. The molecule has 12 aromatic rings. The molecule has 12 rings (SSSR count). The van der Waals surface area contributed by atoms with Crippen LogP contribution in [0, 0.1) is 11.3 Å². The van der Waals surface area contributed by atoms with Crippen molar-refractivity contribution in [3.05, 3.63) is 218 Å². The third-order valence-electron chi connectivity index (χ3n) is 12.1. The van der Waals surface area contributed by atoms with E-state index >= 15 is 0 Å². The first kappa shape index (κ1) is 36.9. The average Bonchev–Trinajstić information content (AvgIpc) is 3.92. The lowest BCUT2D eigenvalue weighted by molar-refractivity contribution is 0.669. The predicted molar refractivity (Wildman–Crippen MR) is 259 cm³/mol. The molecule has 0 aliphatic heterocycles. The molecule has 298 valence electrons. The molecule has 0 amide bonds. The van der Waals surface area contributed by atoms with Gasteiger partial charge in [-0.15, -0.1) is 0 Å². The number of nitriles is 1. The zero-order chi connectivity index (χ0) is 42.6. The van der Waals surface area contributed by atoms with Crippen LogP contribution in [-0.2, 0) is 0 Å². The Bertz CT molecular complexity index is 3790. The van der Waals surface area contributed by atoms with Crippen LogP contribution in [-0.4, -0.2) is 19.5 Å². The molecular weight excluding hydrogens is 783 g/mol. The summed E-state index contributed by atoms with van der Waals surface area (Å²) in [4.78, 5) is 15.6. The Labute approximate surface area is 368 Å². The molecule has 0 aliphatic carbocycles. The second kappa shape index (κ2) is 15.2. The Morgan fingerprint density at radius 1 is 0.375 bits per heavy atom. The van der Waals surface area contributed by atoms with Crippen molar-refractivity contribution in [1.29, 1.82) is 5.26 Å². The topological polar surface area (TPSA) is 80.5 Å². The van der Waals surface area contributed by atoms with E-state index in [0.717, 1.165) is 88.4 Å². The minimum atomic E-state index is 0.530. The Morgan fingerprint density at radius 2 is 0.938 bits per heavy atom. The second-order valence-corrected chi connectivity index (χ2v) is 15.9. The van der Waals surface area contributed by atoms with Gasteiger partial charge in [-0.05, 0) is 106 Å². The van der Waals surface area contributed by atoms with Crippen LogP contribution in [0.25, 0.3) is 117 Å². The van der Waals surface area contributed by atoms with Crippen molar-refractivity contribution in [3.63, 3.8) is 0 Å². The van der Waals surface area contributed by atoms with Crippen molar-refractivity contribution in [3.8, 4) is 79.3 Å². The molecule has 3 heterocycles. The smallest absolute Gasteiger partial charge is 0.164 e. The monoisotopic (exact) mass is 817 g/mol. The van der Waals surface area contributed by atoms with Crippen molar-refractivity contribution < 1.29 is 4.42 Å². The van der Waals surface area contributed by atoms with E-state index in [4.69, 9.17) is 19.4 Å². The third-order valence-corrected chi connectivity index (χ3v) is 12.1. The molecule has 9 aromatic carbocycles. The predicted octanol–water partition coefficient (Wildman–Crippen LogP) is 14.7. The van der Waals surface area contributed by atoms with Crippen molar-refractivity contribution >= 4 is 43.7 Å². The van der Waals surface area contributed by atoms with E-state index < -0.39 is 0 Å². The van der Waals surface area contributed by atoms with E-state index in [2.05, 4.69) is 156 Å². The van der Waals surface area contributed by atoms with Crippen molar-refractivity contribution in [2.24, 2.45) is 0 Å². The van der Waals surface area contributed by atoms with Gasteiger partial charge in [0.25, 0.3) is 0 Å². The molecule has 0 fully saturated rings. The minimum absolute atomic E-state index is 0.530. The zero-order valence-corrected chi connectivity index (χ0v) is 34.4. The molecule has 0 unspecified atom stereocenters. The molecule has 6 nitrogen and oxygen atoms in total. The summed E-state index contributed by atoms with van der Waals surface area (Å²) in [6.45, 7) is 0. The maximum Gasteiger partial charge on any atom is 0.164 e. The molecule has 6 heteroatoms. The fourth-order valence-electron chi connectivity index (χ4n) is 9.01. The quantitative estimate of drug-likeness (QED) is 0.160. The first-order chi connectivity index (χ1) is 31.6. The summed E-state index contributed by atoms with van der Waals surface area (Å²) in [5.74, 6) is 1.63. The van der Waals surface area contributed by atoms with E-state index in [9.17, 15) is 5.26 Å². The number of fused-ring (bicyclic) bond motifs is 6. The summed E-state index contributed by atoms with van der Waals surface area (Å²) in [6.07, 6.45) is 0. The van der Waals surface area contributed by atoms with Gasteiger partial charge >= 0.3 is 0 Å². The second-order valence-electron chi connectivity index (χ2n) is 15.9. The van der Waals surface area contributed by atoms with E-state index in [1.165, 1.54) is 11.1 Å². The number of para-hydroxylation sites is 2. The Morgan fingerprint density at radius 3 is 1.72 bits per heavy atom. The van der Waals surface area contributed by atoms with Crippen molar-refractivity contribution in [2.75, 3.05) is 0 Å². The molecule has 0 atom stereocenters. The maximum absolute atomic E-state index is 9.64. The largest absolute Gasteiger partial charge is 0.456 e. The highest BCUT2D eigenvalue weighted by Gasteiger charge is 2.19. The summed E-state index contributed by atoms with van der Waals surface area (Å²) >= 11 is 0. The molecule has 0 saturated carbocycles. The summed E-state index contributed by atoms with van der Waals surface area (Å²) in [5, 5.41) is 14.0. The first-order valence-corrected chi connectivity index (χ1v) is 21.2. The fraction of sp³-hybridized carbons (Fsp3) is 0. The molecule has 0 N–H and O–H groups in total. The van der Waals surface area contributed by atoms with Crippen LogP contribution in [0.3, 0.4) is 0 Å². The fourth-order valence-corrected chi connectivity index (χ4v) is 9.01. The van der Waals surface area contributed by atoms with Crippen LogP contribution in [0.1, 0.15) is 5.56 Å².